The van der Waals surface area contributed by atoms with Gasteiger partial charge in [-0.2, -0.15) is 5.10 Å². The van der Waals surface area contributed by atoms with Gasteiger partial charge in [-0.1, -0.05) is 0 Å². The fraction of sp³-hybridized carbons (Fsp3) is 0.429. The van der Waals surface area contributed by atoms with Gasteiger partial charge in [0, 0.05) is 6.20 Å². The molecule has 1 N–H and O–H groups in total. The molecule has 0 amide bonds. The van der Waals surface area contributed by atoms with E-state index in [1.54, 1.807) is 0 Å². The summed E-state index contributed by atoms with van der Waals surface area (Å²) in [7, 11) is 0. The molecule has 0 fully saturated rings. The number of carbonyl (C=O) groups is 1. The van der Waals surface area contributed by atoms with E-state index >= 15 is 0 Å². The molecule has 0 aromatic carbocycles. The molecule has 1 aromatic heterocycles. The number of aromatic carboxylic acids is 1. The van der Waals surface area contributed by atoms with E-state index in [0.29, 0.717) is 4.68 Å². The van der Waals surface area contributed by atoms with Crippen molar-refractivity contribution < 1.29 is 23.1 Å². The Hall–Kier alpha value is -1.53. The number of aromatic nitrogens is 2. The van der Waals surface area contributed by atoms with Gasteiger partial charge in [-0.3, -0.25) is 0 Å². The van der Waals surface area contributed by atoms with Crippen LogP contribution in [-0.2, 0) is 0 Å². The summed E-state index contributed by atoms with van der Waals surface area (Å²) in [5.41, 5.74) is -0.283. The molecule has 0 spiro atoms. The molecule has 4 nitrogen and oxygen atoms in total. The Morgan fingerprint density at radius 3 is 2.50 bits per heavy atom. The van der Waals surface area contributed by atoms with E-state index < -0.39 is 18.7 Å². The zero-order valence-electron chi connectivity index (χ0n) is 7.12. The number of hydrogen-bond donors (Lipinski definition) is 1. The average Bonchev–Trinajstić information content (AvgIpc) is 2.45. The fourth-order valence-corrected chi connectivity index (χ4v) is 0.933. The topological polar surface area (TPSA) is 55.1 Å². The molecule has 1 heterocycles. The van der Waals surface area contributed by atoms with Crippen LogP contribution in [0.3, 0.4) is 0 Å². The van der Waals surface area contributed by atoms with Crippen LogP contribution in [0.1, 0.15) is 22.3 Å². The second-order valence-corrected chi connectivity index (χ2v) is 2.62. The highest BCUT2D eigenvalue weighted by Crippen LogP contribution is 2.18. The molecule has 0 aliphatic heterocycles. The van der Waals surface area contributed by atoms with Gasteiger partial charge in [0.2, 0.25) is 0 Å². The number of aryl methyl sites for hydroxylation is 1. The van der Waals surface area contributed by atoms with Crippen molar-refractivity contribution in [1.82, 2.24) is 9.78 Å². The van der Waals surface area contributed by atoms with Crippen molar-refractivity contribution in [2.24, 2.45) is 0 Å². The molecule has 1 atom stereocenters. The predicted octanol–water partition coefficient (Wildman–Crippen LogP) is 1.62. The standard InChI is InChI=1S/C7H7F3N2O2/c1-3-4(7(13)14)2-12(11-3)6(10)5(8)9/h2,5-6H,1H3,(H,13,14). The molecule has 14 heavy (non-hydrogen) atoms. The second-order valence-electron chi connectivity index (χ2n) is 2.62. The summed E-state index contributed by atoms with van der Waals surface area (Å²) in [6.07, 6.45) is -5.09. The van der Waals surface area contributed by atoms with Gasteiger partial charge in [-0.05, 0) is 6.92 Å². The van der Waals surface area contributed by atoms with E-state index in [1.807, 2.05) is 0 Å². The number of rotatable bonds is 3. The molecular weight excluding hydrogens is 201 g/mol. The Bertz CT molecular complexity index is 351. The summed E-state index contributed by atoms with van der Waals surface area (Å²) in [5.74, 6) is -1.32. The van der Waals surface area contributed by atoms with Crippen molar-refractivity contribution in [3.05, 3.63) is 17.5 Å². The zero-order chi connectivity index (χ0) is 10.9. The fourth-order valence-electron chi connectivity index (χ4n) is 0.933. The Balaban J connectivity index is 3.02. The summed E-state index contributed by atoms with van der Waals surface area (Å²) >= 11 is 0. The first-order valence-electron chi connectivity index (χ1n) is 3.64. The minimum Gasteiger partial charge on any atom is -0.478 e. The molecule has 0 radical (unpaired) electrons. The number of alkyl halides is 3. The lowest BCUT2D eigenvalue weighted by Crippen LogP contribution is -2.12. The quantitative estimate of drug-likeness (QED) is 0.821. The predicted molar refractivity (Wildman–Crippen MR) is 40.1 cm³/mol. The first kappa shape index (κ1) is 10.6. The van der Waals surface area contributed by atoms with Crippen LogP contribution in [-0.4, -0.2) is 27.3 Å². The van der Waals surface area contributed by atoms with E-state index in [2.05, 4.69) is 5.10 Å². The molecular formula is C7H7F3N2O2. The minimum atomic E-state index is -3.23. The van der Waals surface area contributed by atoms with Crippen molar-refractivity contribution in [2.45, 2.75) is 19.6 Å². The lowest BCUT2D eigenvalue weighted by Gasteiger charge is -2.05. The molecule has 78 valence electrons. The highest BCUT2D eigenvalue weighted by Gasteiger charge is 2.24. The van der Waals surface area contributed by atoms with Gasteiger partial charge in [0.05, 0.1) is 5.69 Å². The Labute approximate surface area is 77.0 Å². The Kier molecular flexibility index (Phi) is 2.78. The summed E-state index contributed by atoms with van der Waals surface area (Å²) in [6.45, 7) is 1.30. The van der Waals surface area contributed by atoms with Gasteiger partial charge in [0.15, 0.2) is 0 Å². The highest BCUT2D eigenvalue weighted by molar-refractivity contribution is 5.88. The second kappa shape index (κ2) is 3.69. The highest BCUT2D eigenvalue weighted by atomic mass is 19.3. The van der Waals surface area contributed by atoms with Crippen LogP contribution in [0.5, 0.6) is 0 Å². The van der Waals surface area contributed by atoms with E-state index in [-0.39, 0.29) is 11.3 Å². The van der Waals surface area contributed by atoms with Crippen LogP contribution in [0.4, 0.5) is 13.2 Å². The molecule has 0 bridgehead atoms. The van der Waals surface area contributed by atoms with E-state index in [4.69, 9.17) is 5.11 Å². The van der Waals surface area contributed by atoms with Crippen LogP contribution in [0.25, 0.3) is 0 Å². The maximum absolute atomic E-state index is 12.7. The van der Waals surface area contributed by atoms with Gasteiger partial charge in [-0.15, -0.1) is 0 Å². The van der Waals surface area contributed by atoms with E-state index in [0.717, 1.165) is 6.20 Å². The lowest BCUT2D eigenvalue weighted by atomic mass is 10.3. The van der Waals surface area contributed by atoms with Crippen molar-refractivity contribution in [1.29, 1.82) is 0 Å². The molecule has 0 aliphatic carbocycles. The number of carboxylic acids is 1. The van der Waals surface area contributed by atoms with Gasteiger partial charge < -0.3 is 5.11 Å². The molecule has 1 aromatic rings. The van der Waals surface area contributed by atoms with E-state index in [9.17, 15) is 18.0 Å². The van der Waals surface area contributed by atoms with Crippen molar-refractivity contribution in [3.8, 4) is 0 Å². The first-order valence-corrected chi connectivity index (χ1v) is 3.64. The normalized spacial score (nSPS) is 13.2. The third-order valence-electron chi connectivity index (χ3n) is 1.61. The molecule has 0 aliphatic rings. The molecule has 1 rings (SSSR count). The maximum atomic E-state index is 12.7. The third kappa shape index (κ3) is 1.86. The van der Waals surface area contributed by atoms with Gasteiger partial charge in [0.1, 0.15) is 5.56 Å². The number of nitrogens with zero attached hydrogens (tertiary/aromatic N) is 2. The molecule has 0 saturated heterocycles. The van der Waals surface area contributed by atoms with Crippen LogP contribution in [0, 0.1) is 6.92 Å². The summed E-state index contributed by atoms with van der Waals surface area (Å²) in [4.78, 5) is 10.5. The summed E-state index contributed by atoms with van der Waals surface area (Å²) < 4.78 is 36.7. The third-order valence-corrected chi connectivity index (χ3v) is 1.61. The van der Waals surface area contributed by atoms with Crippen LogP contribution < -0.4 is 0 Å². The number of halogens is 3. The summed E-state index contributed by atoms with van der Waals surface area (Å²) in [5, 5.41) is 11.9. The smallest absolute Gasteiger partial charge is 0.339 e. The van der Waals surface area contributed by atoms with Crippen molar-refractivity contribution >= 4 is 5.97 Å². The van der Waals surface area contributed by atoms with Crippen LogP contribution in [0.2, 0.25) is 0 Å². The molecule has 0 saturated carbocycles. The first-order chi connectivity index (χ1) is 6.43. The lowest BCUT2D eigenvalue weighted by molar-refractivity contribution is 0.000550. The number of carboxylic acid groups (broad SMARTS) is 1. The SMILES string of the molecule is Cc1nn(C(F)C(F)F)cc1C(=O)O. The van der Waals surface area contributed by atoms with Crippen LogP contribution in [0.15, 0.2) is 6.20 Å². The minimum absolute atomic E-state index is 0.000741. The largest absolute Gasteiger partial charge is 0.478 e. The monoisotopic (exact) mass is 208 g/mol. The van der Waals surface area contributed by atoms with Crippen LogP contribution >= 0.6 is 0 Å². The number of hydrogen-bond acceptors (Lipinski definition) is 2. The average molecular weight is 208 g/mol. The maximum Gasteiger partial charge on any atom is 0.339 e. The van der Waals surface area contributed by atoms with Crippen molar-refractivity contribution in [2.75, 3.05) is 0 Å². The Morgan fingerprint density at radius 1 is 1.57 bits per heavy atom. The zero-order valence-corrected chi connectivity index (χ0v) is 7.12. The van der Waals surface area contributed by atoms with Gasteiger partial charge in [-0.25, -0.2) is 22.6 Å². The van der Waals surface area contributed by atoms with E-state index in [1.165, 1.54) is 6.92 Å². The van der Waals surface area contributed by atoms with Crippen molar-refractivity contribution in [3.63, 3.8) is 0 Å². The van der Waals surface area contributed by atoms with Gasteiger partial charge >= 0.3 is 5.97 Å². The molecule has 7 heteroatoms. The van der Waals surface area contributed by atoms with Gasteiger partial charge in [0.25, 0.3) is 12.7 Å². The summed E-state index contributed by atoms with van der Waals surface area (Å²) in [6, 6.07) is 0. The molecule has 1 unspecified atom stereocenters. The Morgan fingerprint density at radius 2 is 2.14 bits per heavy atom.